The lowest BCUT2D eigenvalue weighted by Gasteiger charge is -2.23. The molecule has 0 aliphatic heterocycles. The summed E-state index contributed by atoms with van der Waals surface area (Å²) in [6, 6.07) is 4.35. The molecule has 0 radical (unpaired) electrons. The summed E-state index contributed by atoms with van der Waals surface area (Å²) >= 11 is 0. The molecule has 0 heterocycles. The molecule has 0 aliphatic rings. The molecule has 0 aromatic heterocycles. The Hall–Kier alpha value is -0.710. The minimum Gasteiger partial charge on any atom is -0.329 e. The van der Waals surface area contributed by atoms with Crippen molar-refractivity contribution in [3.8, 4) is 0 Å². The molecule has 1 unspecified atom stereocenters. The molecule has 0 saturated carbocycles. The minimum atomic E-state index is -0.804. The predicted octanol–water partition coefficient (Wildman–Crippen LogP) is 2.17. The highest BCUT2D eigenvalue weighted by Gasteiger charge is 2.12. The summed E-state index contributed by atoms with van der Waals surface area (Å²) in [7, 11) is 1.84. The van der Waals surface area contributed by atoms with Crippen LogP contribution in [0.5, 0.6) is 0 Å². The van der Waals surface area contributed by atoms with Gasteiger partial charge in [-0.15, -0.1) is 12.4 Å². The molecule has 0 amide bonds. The molecule has 92 valence electrons. The van der Waals surface area contributed by atoms with Crippen LogP contribution in [0.25, 0.3) is 0 Å². The second kappa shape index (κ2) is 6.78. The number of benzene rings is 1. The van der Waals surface area contributed by atoms with E-state index in [0.29, 0.717) is 18.7 Å². The van der Waals surface area contributed by atoms with Gasteiger partial charge in [-0.05, 0) is 20.0 Å². The van der Waals surface area contributed by atoms with Crippen LogP contribution in [0.2, 0.25) is 0 Å². The first-order chi connectivity index (χ1) is 7.06. The average Bonchev–Trinajstić information content (AvgIpc) is 2.23. The van der Waals surface area contributed by atoms with E-state index in [1.54, 1.807) is 6.07 Å². The fraction of sp³-hybridized carbons (Fsp3) is 0.455. The van der Waals surface area contributed by atoms with Crippen molar-refractivity contribution in [3.63, 3.8) is 0 Å². The second-order valence-electron chi connectivity index (χ2n) is 3.71. The highest BCUT2D eigenvalue weighted by atomic mass is 35.5. The molecule has 16 heavy (non-hydrogen) atoms. The van der Waals surface area contributed by atoms with Crippen LogP contribution in [-0.2, 0) is 6.54 Å². The van der Waals surface area contributed by atoms with E-state index in [-0.39, 0.29) is 18.4 Å². The zero-order valence-electron chi connectivity index (χ0n) is 9.41. The number of likely N-dealkylation sites (N-methyl/N-ethyl adjacent to an activating group) is 1. The Morgan fingerprint density at radius 1 is 1.38 bits per heavy atom. The quantitative estimate of drug-likeness (QED) is 0.888. The van der Waals surface area contributed by atoms with Gasteiger partial charge in [0.1, 0.15) is 0 Å². The summed E-state index contributed by atoms with van der Waals surface area (Å²) in [5.74, 6) is -1.57. The van der Waals surface area contributed by atoms with Crippen molar-refractivity contribution in [2.45, 2.75) is 19.5 Å². The van der Waals surface area contributed by atoms with Gasteiger partial charge in [-0.2, -0.15) is 0 Å². The number of nitrogens with zero attached hydrogens (tertiary/aromatic N) is 1. The molecule has 1 rings (SSSR count). The molecule has 0 spiro atoms. The SMILES string of the molecule is CC(CN)N(C)Cc1cccc(F)c1F.Cl. The molecule has 5 heteroatoms. The fourth-order valence-corrected chi connectivity index (χ4v) is 1.28. The van der Waals surface area contributed by atoms with Gasteiger partial charge in [0.15, 0.2) is 11.6 Å². The van der Waals surface area contributed by atoms with E-state index in [0.717, 1.165) is 6.07 Å². The highest BCUT2D eigenvalue weighted by molar-refractivity contribution is 5.85. The summed E-state index contributed by atoms with van der Waals surface area (Å²) < 4.78 is 26.2. The normalized spacial score (nSPS) is 12.4. The maximum atomic E-state index is 13.3. The van der Waals surface area contributed by atoms with Crippen LogP contribution in [0, 0.1) is 11.6 Å². The molecule has 2 N–H and O–H groups in total. The van der Waals surface area contributed by atoms with Gasteiger partial charge in [0.05, 0.1) is 0 Å². The lowest BCUT2D eigenvalue weighted by atomic mass is 10.1. The molecule has 0 fully saturated rings. The van der Waals surface area contributed by atoms with Crippen LogP contribution >= 0.6 is 12.4 Å². The van der Waals surface area contributed by atoms with Crippen molar-refractivity contribution in [2.24, 2.45) is 5.73 Å². The van der Waals surface area contributed by atoms with Crippen molar-refractivity contribution in [1.82, 2.24) is 4.90 Å². The molecule has 1 aromatic carbocycles. The lowest BCUT2D eigenvalue weighted by molar-refractivity contribution is 0.250. The van der Waals surface area contributed by atoms with Gasteiger partial charge in [0, 0.05) is 24.7 Å². The average molecular weight is 251 g/mol. The molecule has 0 saturated heterocycles. The third-order valence-electron chi connectivity index (χ3n) is 2.54. The smallest absolute Gasteiger partial charge is 0.163 e. The van der Waals surface area contributed by atoms with Crippen molar-refractivity contribution in [2.75, 3.05) is 13.6 Å². The third kappa shape index (κ3) is 3.70. The first-order valence-electron chi connectivity index (χ1n) is 4.89. The standard InChI is InChI=1S/C11H16F2N2.ClH/c1-8(6-14)15(2)7-9-4-3-5-10(12)11(9)13;/h3-5,8H,6-7,14H2,1-2H3;1H. The number of hydrogen-bond acceptors (Lipinski definition) is 2. The molecular formula is C11H17ClF2N2. The van der Waals surface area contributed by atoms with E-state index in [1.165, 1.54) is 6.07 Å². The molecule has 2 nitrogen and oxygen atoms in total. The zero-order chi connectivity index (χ0) is 11.4. The fourth-order valence-electron chi connectivity index (χ4n) is 1.28. The summed E-state index contributed by atoms with van der Waals surface area (Å²) in [4.78, 5) is 1.89. The summed E-state index contributed by atoms with van der Waals surface area (Å²) in [6.07, 6.45) is 0. The van der Waals surface area contributed by atoms with E-state index >= 15 is 0 Å². The second-order valence-corrected chi connectivity index (χ2v) is 3.71. The Bertz CT molecular complexity index is 334. The van der Waals surface area contributed by atoms with E-state index < -0.39 is 11.6 Å². The summed E-state index contributed by atoms with van der Waals surface area (Å²) in [5.41, 5.74) is 5.84. The van der Waals surface area contributed by atoms with Gasteiger partial charge in [-0.25, -0.2) is 8.78 Å². The van der Waals surface area contributed by atoms with Crippen molar-refractivity contribution >= 4 is 12.4 Å². The minimum absolute atomic E-state index is 0. The summed E-state index contributed by atoms with van der Waals surface area (Å²) in [5, 5.41) is 0. The first kappa shape index (κ1) is 15.3. The van der Waals surface area contributed by atoms with Crippen LogP contribution in [0.4, 0.5) is 8.78 Å². The summed E-state index contributed by atoms with van der Waals surface area (Å²) in [6.45, 7) is 2.80. The topological polar surface area (TPSA) is 29.3 Å². The van der Waals surface area contributed by atoms with Gasteiger partial charge in [0.2, 0.25) is 0 Å². The van der Waals surface area contributed by atoms with Crippen LogP contribution in [0.1, 0.15) is 12.5 Å². The largest absolute Gasteiger partial charge is 0.329 e. The predicted molar refractivity (Wildman–Crippen MR) is 63.6 cm³/mol. The number of hydrogen-bond donors (Lipinski definition) is 1. The molecule has 0 bridgehead atoms. The first-order valence-corrected chi connectivity index (χ1v) is 4.89. The maximum Gasteiger partial charge on any atom is 0.163 e. The number of nitrogens with two attached hydrogens (primary N) is 1. The Labute approximate surface area is 101 Å². The Morgan fingerprint density at radius 3 is 2.56 bits per heavy atom. The molecule has 0 aliphatic carbocycles. The zero-order valence-corrected chi connectivity index (χ0v) is 10.2. The van der Waals surface area contributed by atoms with Gasteiger partial charge < -0.3 is 5.73 Å². The lowest BCUT2D eigenvalue weighted by Crippen LogP contribution is -2.35. The van der Waals surface area contributed by atoms with Crippen molar-refractivity contribution < 1.29 is 8.78 Å². The monoisotopic (exact) mass is 250 g/mol. The van der Waals surface area contributed by atoms with Crippen LogP contribution < -0.4 is 5.73 Å². The third-order valence-corrected chi connectivity index (χ3v) is 2.54. The maximum absolute atomic E-state index is 13.3. The number of halogens is 3. The van der Waals surface area contributed by atoms with Gasteiger partial charge in [-0.3, -0.25) is 4.90 Å². The van der Waals surface area contributed by atoms with Crippen molar-refractivity contribution in [1.29, 1.82) is 0 Å². The van der Waals surface area contributed by atoms with Crippen LogP contribution in [0.3, 0.4) is 0 Å². The van der Waals surface area contributed by atoms with Gasteiger partial charge in [-0.1, -0.05) is 12.1 Å². The Kier molecular flexibility index (Phi) is 6.48. The van der Waals surface area contributed by atoms with Crippen LogP contribution in [-0.4, -0.2) is 24.5 Å². The number of rotatable bonds is 4. The van der Waals surface area contributed by atoms with Gasteiger partial charge in [0.25, 0.3) is 0 Å². The van der Waals surface area contributed by atoms with E-state index in [1.807, 2.05) is 18.9 Å². The van der Waals surface area contributed by atoms with E-state index in [9.17, 15) is 8.78 Å². The van der Waals surface area contributed by atoms with Crippen molar-refractivity contribution in [3.05, 3.63) is 35.4 Å². The Morgan fingerprint density at radius 2 is 2.00 bits per heavy atom. The molecule has 1 atom stereocenters. The van der Waals surface area contributed by atoms with Gasteiger partial charge >= 0.3 is 0 Å². The Balaban J connectivity index is 0.00000225. The molecular weight excluding hydrogens is 234 g/mol. The highest BCUT2D eigenvalue weighted by Crippen LogP contribution is 2.13. The molecule has 1 aromatic rings. The van der Waals surface area contributed by atoms with E-state index in [4.69, 9.17) is 5.73 Å². The van der Waals surface area contributed by atoms with E-state index in [2.05, 4.69) is 0 Å². The van der Waals surface area contributed by atoms with Crippen LogP contribution in [0.15, 0.2) is 18.2 Å².